The van der Waals surface area contributed by atoms with Gasteiger partial charge in [-0.2, -0.15) is 5.10 Å². The molecule has 0 N–H and O–H groups in total. The number of amides is 2. The topological polar surface area (TPSA) is 53.0 Å². The van der Waals surface area contributed by atoms with Gasteiger partial charge in [-0.1, -0.05) is 32.1 Å². The molecule has 1 aliphatic carbocycles. The number of nitrogens with zero attached hydrogens (tertiary/aromatic N) is 3. The van der Waals surface area contributed by atoms with Crippen LogP contribution in [0.5, 0.6) is 0 Å². The smallest absolute Gasteiger partial charge is 0.269 e. The Kier molecular flexibility index (Phi) is 5.15. The Balaban J connectivity index is 1.82. The van der Waals surface area contributed by atoms with E-state index in [0.29, 0.717) is 18.6 Å². The van der Waals surface area contributed by atoms with Crippen molar-refractivity contribution in [2.75, 3.05) is 20.6 Å². The summed E-state index contributed by atoms with van der Waals surface area (Å²) in [5.74, 6) is 0.725. The van der Waals surface area contributed by atoms with Crippen LogP contribution in [0.25, 0.3) is 0 Å². The maximum absolute atomic E-state index is 12.3. The molecule has 112 valence electrons. The first-order valence-corrected chi connectivity index (χ1v) is 7.67. The van der Waals surface area contributed by atoms with Crippen LogP contribution < -0.4 is 0 Å². The predicted molar refractivity (Wildman–Crippen MR) is 78.3 cm³/mol. The number of hydrazone groups is 1. The van der Waals surface area contributed by atoms with E-state index in [-0.39, 0.29) is 11.8 Å². The van der Waals surface area contributed by atoms with E-state index in [2.05, 4.69) is 5.10 Å². The van der Waals surface area contributed by atoms with Crippen molar-refractivity contribution >= 4 is 17.5 Å². The molecule has 0 atom stereocenters. The fourth-order valence-corrected chi connectivity index (χ4v) is 3.00. The first kappa shape index (κ1) is 15.0. The van der Waals surface area contributed by atoms with E-state index in [1.807, 2.05) is 7.05 Å². The third kappa shape index (κ3) is 3.81. The van der Waals surface area contributed by atoms with Gasteiger partial charge in [-0.05, 0) is 12.3 Å². The molecule has 1 heterocycles. The molecule has 2 aliphatic rings. The van der Waals surface area contributed by atoms with Gasteiger partial charge < -0.3 is 4.90 Å². The molecule has 0 unspecified atom stereocenters. The highest BCUT2D eigenvalue weighted by Gasteiger charge is 2.24. The van der Waals surface area contributed by atoms with Crippen LogP contribution in [0.2, 0.25) is 0 Å². The molecular formula is C15H25N3O2. The zero-order valence-corrected chi connectivity index (χ0v) is 12.6. The highest BCUT2D eigenvalue weighted by atomic mass is 16.2. The minimum atomic E-state index is -0.0276. The fourth-order valence-electron chi connectivity index (χ4n) is 3.00. The first-order valence-electron chi connectivity index (χ1n) is 7.67. The van der Waals surface area contributed by atoms with Crippen molar-refractivity contribution < 1.29 is 9.59 Å². The molecule has 5 nitrogen and oxygen atoms in total. The molecule has 0 aromatic heterocycles. The van der Waals surface area contributed by atoms with Gasteiger partial charge in [0.25, 0.3) is 5.91 Å². The summed E-state index contributed by atoms with van der Waals surface area (Å²) in [6.45, 7) is 0.792. The lowest BCUT2D eigenvalue weighted by molar-refractivity contribution is -0.130. The molecule has 0 saturated heterocycles. The predicted octanol–water partition coefficient (Wildman–Crippen LogP) is 2.02. The lowest BCUT2D eigenvalue weighted by Gasteiger charge is -2.26. The summed E-state index contributed by atoms with van der Waals surface area (Å²) in [5.41, 5.74) is 0.512. The second-order valence-corrected chi connectivity index (χ2v) is 5.98. The van der Waals surface area contributed by atoms with Gasteiger partial charge in [0, 0.05) is 33.5 Å². The Hall–Kier alpha value is -1.39. The van der Waals surface area contributed by atoms with Crippen LogP contribution in [0.1, 0.15) is 51.4 Å². The standard InChI is InChI=1S/C15H25N3O2/c1-17(11-10-12-6-4-3-5-7-12)15(20)13-8-9-14(19)18(2)16-13/h12H,3-11H2,1-2H3. The number of rotatable bonds is 4. The SMILES string of the molecule is CN(CCC1CCCCC1)C(=O)C1=NN(C)C(=O)CC1. The van der Waals surface area contributed by atoms with Crippen molar-refractivity contribution in [1.82, 2.24) is 9.91 Å². The Labute approximate surface area is 121 Å². The summed E-state index contributed by atoms with van der Waals surface area (Å²) in [4.78, 5) is 25.4. The third-order valence-corrected chi connectivity index (χ3v) is 4.40. The zero-order valence-electron chi connectivity index (χ0n) is 12.6. The third-order valence-electron chi connectivity index (χ3n) is 4.40. The van der Waals surface area contributed by atoms with E-state index < -0.39 is 0 Å². The second-order valence-electron chi connectivity index (χ2n) is 5.98. The molecule has 0 spiro atoms. The van der Waals surface area contributed by atoms with Crippen molar-refractivity contribution in [3.63, 3.8) is 0 Å². The van der Waals surface area contributed by atoms with Crippen LogP contribution in [0, 0.1) is 5.92 Å². The Bertz CT molecular complexity index is 400. The molecule has 2 rings (SSSR count). The summed E-state index contributed by atoms with van der Waals surface area (Å²) in [6, 6.07) is 0. The summed E-state index contributed by atoms with van der Waals surface area (Å²) in [7, 11) is 3.45. The molecular weight excluding hydrogens is 254 g/mol. The minimum Gasteiger partial charge on any atom is -0.341 e. The quantitative estimate of drug-likeness (QED) is 0.790. The summed E-state index contributed by atoms with van der Waals surface area (Å²) in [6.07, 6.45) is 8.59. The minimum absolute atomic E-state index is 0.0218. The highest BCUT2D eigenvalue weighted by molar-refractivity contribution is 6.39. The largest absolute Gasteiger partial charge is 0.341 e. The Morgan fingerprint density at radius 2 is 2.00 bits per heavy atom. The summed E-state index contributed by atoms with van der Waals surface area (Å²) < 4.78 is 0. The van der Waals surface area contributed by atoms with Crippen molar-refractivity contribution in [2.24, 2.45) is 11.0 Å². The van der Waals surface area contributed by atoms with Crippen molar-refractivity contribution in [1.29, 1.82) is 0 Å². The van der Waals surface area contributed by atoms with Crippen LogP contribution in [0.15, 0.2) is 5.10 Å². The number of hydrogen-bond donors (Lipinski definition) is 0. The van der Waals surface area contributed by atoms with Gasteiger partial charge in [-0.15, -0.1) is 0 Å². The molecule has 1 saturated carbocycles. The Morgan fingerprint density at radius 3 is 2.65 bits per heavy atom. The monoisotopic (exact) mass is 279 g/mol. The average Bonchev–Trinajstić information content (AvgIpc) is 2.48. The van der Waals surface area contributed by atoms with E-state index in [1.54, 1.807) is 11.9 Å². The van der Waals surface area contributed by atoms with Gasteiger partial charge in [0.1, 0.15) is 5.71 Å². The maximum Gasteiger partial charge on any atom is 0.269 e. The van der Waals surface area contributed by atoms with Crippen LogP contribution in [-0.4, -0.2) is 48.1 Å². The van der Waals surface area contributed by atoms with E-state index in [4.69, 9.17) is 0 Å². The van der Waals surface area contributed by atoms with Gasteiger partial charge in [0.05, 0.1) is 0 Å². The van der Waals surface area contributed by atoms with Crippen LogP contribution >= 0.6 is 0 Å². The zero-order chi connectivity index (χ0) is 14.5. The van der Waals surface area contributed by atoms with E-state index in [1.165, 1.54) is 37.1 Å². The van der Waals surface area contributed by atoms with Gasteiger partial charge in [-0.25, -0.2) is 5.01 Å². The molecule has 0 bridgehead atoms. The van der Waals surface area contributed by atoms with Gasteiger partial charge in [0.2, 0.25) is 5.91 Å². The molecule has 0 aromatic carbocycles. The molecule has 0 radical (unpaired) electrons. The lowest BCUT2D eigenvalue weighted by atomic mass is 9.87. The van der Waals surface area contributed by atoms with Crippen LogP contribution in [0.4, 0.5) is 0 Å². The van der Waals surface area contributed by atoms with Gasteiger partial charge in [-0.3, -0.25) is 9.59 Å². The highest BCUT2D eigenvalue weighted by Crippen LogP contribution is 2.26. The van der Waals surface area contributed by atoms with E-state index in [9.17, 15) is 9.59 Å². The van der Waals surface area contributed by atoms with Gasteiger partial charge >= 0.3 is 0 Å². The fraction of sp³-hybridized carbons (Fsp3) is 0.800. The number of hydrogen-bond acceptors (Lipinski definition) is 3. The van der Waals surface area contributed by atoms with Crippen molar-refractivity contribution in [3.05, 3.63) is 0 Å². The molecule has 1 fully saturated rings. The van der Waals surface area contributed by atoms with Crippen LogP contribution in [0.3, 0.4) is 0 Å². The van der Waals surface area contributed by atoms with Crippen LogP contribution in [-0.2, 0) is 9.59 Å². The molecule has 1 aliphatic heterocycles. The number of carbonyl (C=O) groups is 2. The summed E-state index contributed by atoms with van der Waals surface area (Å²) in [5, 5.41) is 5.37. The van der Waals surface area contributed by atoms with Crippen molar-refractivity contribution in [3.8, 4) is 0 Å². The molecule has 0 aromatic rings. The number of carbonyl (C=O) groups excluding carboxylic acids is 2. The normalized spacial score (nSPS) is 20.8. The van der Waals surface area contributed by atoms with E-state index >= 15 is 0 Å². The molecule has 5 heteroatoms. The molecule has 2 amide bonds. The summed E-state index contributed by atoms with van der Waals surface area (Å²) >= 11 is 0. The first-order chi connectivity index (χ1) is 9.58. The maximum atomic E-state index is 12.3. The lowest BCUT2D eigenvalue weighted by Crippen LogP contribution is -2.39. The Morgan fingerprint density at radius 1 is 1.30 bits per heavy atom. The molecule has 20 heavy (non-hydrogen) atoms. The van der Waals surface area contributed by atoms with E-state index in [0.717, 1.165) is 18.9 Å². The van der Waals surface area contributed by atoms with Crippen molar-refractivity contribution in [2.45, 2.75) is 51.4 Å². The second kappa shape index (κ2) is 6.86. The average molecular weight is 279 g/mol. The van der Waals surface area contributed by atoms with Gasteiger partial charge in [0.15, 0.2) is 0 Å².